The first-order valence-electron chi connectivity index (χ1n) is 3.17. The summed E-state index contributed by atoms with van der Waals surface area (Å²) in [6.45, 7) is 1.87. The van der Waals surface area contributed by atoms with E-state index in [0.717, 1.165) is 5.56 Å². The summed E-state index contributed by atoms with van der Waals surface area (Å²) in [7, 11) is 0. The van der Waals surface area contributed by atoms with Gasteiger partial charge in [0.2, 0.25) is 0 Å². The summed E-state index contributed by atoms with van der Waals surface area (Å²) < 4.78 is 0. The molecule has 0 aliphatic rings. The van der Waals surface area contributed by atoms with Crippen LogP contribution in [-0.4, -0.2) is 5.24 Å². The molecule has 1 aromatic rings. The molecule has 0 saturated carbocycles. The summed E-state index contributed by atoms with van der Waals surface area (Å²) in [5.41, 5.74) is 7.53. The lowest BCUT2D eigenvalue weighted by Gasteiger charge is -1.99. The molecule has 0 unspecified atom stereocenters. The predicted molar refractivity (Wildman–Crippen MR) is 45.8 cm³/mol. The smallest absolute Gasteiger partial charge is 0.252 e. The summed E-state index contributed by atoms with van der Waals surface area (Å²) in [6, 6.07) is 5.00. The first-order valence-corrected chi connectivity index (χ1v) is 3.55. The van der Waals surface area contributed by atoms with Gasteiger partial charge in [-0.3, -0.25) is 4.79 Å². The Morgan fingerprint density at radius 1 is 1.55 bits per heavy atom. The van der Waals surface area contributed by atoms with Crippen molar-refractivity contribution in [3.05, 3.63) is 29.3 Å². The van der Waals surface area contributed by atoms with Gasteiger partial charge in [-0.1, -0.05) is 6.07 Å². The second kappa shape index (κ2) is 2.93. The van der Waals surface area contributed by atoms with E-state index in [9.17, 15) is 4.79 Å². The molecule has 0 aromatic heterocycles. The van der Waals surface area contributed by atoms with Crippen LogP contribution in [0.1, 0.15) is 15.9 Å². The molecule has 1 rings (SSSR count). The molecule has 0 atom stereocenters. The van der Waals surface area contributed by atoms with Crippen LogP contribution < -0.4 is 5.73 Å². The van der Waals surface area contributed by atoms with Crippen molar-refractivity contribution in [2.45, 2.75) is 6.92 Å². The number of nitrogens with two attached hydrogens (primary N) is 1. The van der Waals surface area contributed by atoms with Crippen LogP contribution in [0.4, 0.5) is 5.69 Å². The van der Waals surface area contributed by atoms with Crippen molar-refractivity contribution in [2.75, 3.05) is 5.73 Å². The van der Waals surface area contributed by atoms with Crippen molar-refractivity contribution >= 4 is 22.5 Å². The Labute approximate surface area is 70.0 Å². The number of anilines is 1. The summed E-state index contributed by atoms with van der Waals surface area (Å²) in [5.74, 6) is 0. The number of carbonyl (C=O) groups is 1. The van der Waals surface area contributed by atoms with Gasteiger partial charge < -0.3 is 5.73 Å². The molecule has 2 nitrogen and oxygen atoms in total. The lowest BCUT2D eigenvalue weighted by atomic mass is 10.1. The minimum Gasteiger partial charge on any atom is -0.398 e. The maximum absolute atomic E-state index is 10.6. The van der Waals surface area contributed by atoms with Gasteiger partial charge in [0, 0.05) is 11.3 Å². The average molecular weight is 170 g/mol. The summed E-state index contributed by atoms with van der Waals surface area (Å²) >= 11 is 5.23. The highest BCUT2D eigenvalue weighted by Gasteiger charge is 2.01. The number of rotatable bonds is 1. The SMILES string of the molecule is Cc1ccc(C(=O)Cl)cc1N. The zero-order chi connectivity index (χ0) is 8.43. The zero-order valence-corrected chi connectivity index (χ0v) is 6.85. The Bertz CT molecular complexity index is 296. The molecule has 0 spiro atoms. The van der Waals surface area contributed by atoms with Crippen LogP contribution in [0.2, 0.25) is 0 Å². The molecule has 0 fully saturated rings. The standard InChI is InChI=1S/C8H8ClNO/c1-5-2-3-6(8(9)11)4-7(5)10/h2-4H,10H2,1H3. The van der Waals surface area contributed by atoms with E-state index in [1.165, 1.54) is 0 Å². The predicted octanol–water partition coefficient (Wildman–Crippen LogP) is 1.96. The van der Waals surface area contributed by atoms with E-state index >= 15 is 0 Å². The quantitative estimate of drug-likeness (QED) is 0.516. The number of aryl methyl sites for hydroxylation is 1. The average Bonchev–Trinajstić information content (AvgIpc) is 1.94. The molecule has 0 saturated heterocycles. The molecule has 0 aliphatic carbocycles. The second-order valence-electron chi connectivity index (χ2n) is 2.35. The fourth-order valence-electron chi connectivity index (χ4n) is 0.763. The van der Waals surface area contributed by atoms with Gasteiger partial charge in [-0.05, 0) is 36.2 Å². The van der Waals surface area contributed by atoms with Crippen LogP contribution in [0.15, 0.2) is 18.2 Å². The highest BCUT2D eigenvalue weighted by atomic mass is 35.5. The van der Waals surface area contributed by atoms with E-state index in [4.69, 9.17) is 17.3 Å². The Hall–Kier alpha value is -1.02. The Morgan fingerprint density at radius 3 is 2.64 bits per heavy atom. The van der Waals surface area contributed by atoms with Gasteiger partial charge >= 0.3 is 0 Å². The number of hydrogen-bond acceptors (Lipinski definition) is 2. The minimum absolute atomic E-state index is 0.440. The molecule has 58 valence electrons. The number of hydrogen-bond donors (Lipinski definition) is 1. The molecule has 0 bridgehead atoms. The number of nitrogen functional groups attached to an aromatic ring is 1. The number of halogens is 1. The fourth-order valence-corrected chi connectivity index (χ4v) is 0.880. The van der Waals surface area contributed by atoms with Crippen LogP contribution in [-0.2, 0) is 0 Å². The third-order valence-electron chi connectivity index (χ3n) is 1.51. The van der Waals surface area contributed by atoms with Crippen LogP contribution in [0.25, 0.3) is 0 Å². The molecular weight excluding hydrogens is 162 g/mol. The van der Waals surface area contributed by atoms with E-state index in [1.54, 1.807) is 18.2 Å². The van der Waals surface area contributed by atoms with Crippen molar-refractivity contribution in [1.82, 2.24) is 0 Å². The van der Waals surface area contributed by atoms with Crippen molar-refractivity contribution in [3.8, 4) is 0 Å². The molecule has 1 aromatic carbocycles. The molecule has 0 heterocycles. The second-order valence-corrected chi connectivity index (χ2v) is 2.69. The van der Waals surface area contributed by atoms with E-state index in [2.05, 4.69) is 0 Å². The highest BCUT2D eigenvalue weighted by molar-refractivity contribution is 6.67. The fraction of sp³-hybridized carbons (Fsp3) is 0.125. The van der Waals surface area contributed by atoms with Gasteiger partial charge in [0.25, 0.3) is 5.24 Å². The molecule has 0 radical (unpaired) electrons. The molecule has 0 aliphatic heterocycles. The number of benzene rings is 1. The van der Waals surface area contributed by atoms with Crippen molar-refractivity contribution < 1.29 is 4.79 Å². The largest absolute Gasteiger partial charge is 0.398 e. The maximum atomic E-state index is 10.6. The van der Waals surface area contributed by atoms with Crippen molar-refractivity contribution in [2.24, 2.45) is 0 Å². The van der Waals surface area contributed by atoms with Crippen LogP contribution in [0, 0.1) is 6.92 Å². The Morgan fingerprint density at radius 2 is 2.18 bits per heavy atom. The van der Waals surface area contributed by atoms with E-state index in [1.807, 2.05) is 6.92 Å². The highest BCUT2D eigenvalue weighted by Crippen LogP contribution is 2.13. The molecule has 11 heavy (non-hydrogen) atoms. The van der Waals surface area contributed by atoms with E-state index in [-0.39, 0.29) is 0 Å². The summed E-state index contributed by atoms with van der Waals surface area (Å²) in [5, 5.41) is -0.475. The molecule has 3 heteroatoms. The Balaban J connectivity index is 3.15. The van der Waals surface area contributed by atoms with Crippen LogP contribution in [0.5, 0.6) is 0 Å². The third kappa shape index (κ3) is 1.71. The van der Waals surface area contributed by atoms with Gasteiger partial charge in [-0.15, -0.1) is 0 Å². The third-order valence-corrected chi connectivity index (χ3v) is 1.72. The molecule has 2 N–H and O–H groups in total. The lowest BCUT2D eigenvalue weighted by molar-refractivity contribution is 0.108. The first kappa shape index (κ1) is 8.08. The number of carbonyl (C=O) groups excluding carboxylic acids is 1. The summed E-state index contributed by atoms with van der Waals surface area (Å²) in [4.78, 5) is 10.6. The van der Waals surface area contributed by atoms with Gasteiger partial charge in [0.15, 0.2) is 0 Å². The van der Waals surface area contributed by atoms with Gasteiger partial charge in [0.1, 0.15) is 0 Å². The van der Waals surface area contributed by atoms with E-state index < -0.39 is 5.24 Å². The van der Waals surface area contributed by atoms with E-state index in [0.29, 0.717) is 11.3 Å². The van der Waals surface area contributed by atoms with Gasteiger partial charge in [0.05, 0.1) is 0 Å². The van der Waals surface area contributed by atoms with Gasteiger partial charge in [-0.25, -0.2) is 0 Å². The topological polar surface area (TPSA) is 43.1 Å². The lowest BCUT2D eigenvalue weighted by Crippen LogP contribution is -1.94. The monoisotopic (exact) mass is 169 g/mol. The maximum Gasteiger partial charge on any atom is 0.252 e. The minimum atomic E-state index is -0.475. The van der Waals surface area contributed by atoms with Crippen molar-refractivity contribution in [3.63, 3.8) is 0 Å². The van der Waals surface area contributed by atoms with Crippen molar-refractivity contribution in [1.29, 1.82) is 0 Å². The summed E-state index contributed by atoms with van der Waals surface area (Å²) in [6.07, 6.45) is 0. The van der Waals surface area contributed by atoms with Crippen LogP contribution >= 0.6 is 11.6 Å². The first-order chi connectivity index (χ1) is 5.11. The van der Waals surface area contributed by atoms with Gasteiger partial charge in [-0.2, -0.15) is 0 Å². The van der Waals surface area contributed by atoms with Crippen LogP contribution in [0.3, 0.4) is 0 Å². The molecule has 0 amide bonds. The normalized spacial score (nSPS) is 9.64. The zero-order valence-electron chi connectivity index (χ0n) is 6.10. The molecular formula is C8H8ClNO. The Kier molecular flexibility index (Phi) is 2.15.